The molecule has 0 saturated carbocycles. The molecule has 5 heteroatoms. The van der Waals surface area contributed by atoms with Gasteiger partial charge in [0.2, 0.25) is 0 Å². The van der Waals surface area contributed by atoms with Crippen LogP contribution in [0.2, 0.25) is 5.02 Å². The molecule has 1 rings (SSSR count). The average molecular weight is 369 g/mol. The molecular formula is C12H14ClIO3. The molecule has 1 atom stereocenters. The summed E-state index contributed by atoms with van der Waals surface area (Å²) < 4.78 is 6.28. The largest absolute Gasteiger partial charge is 0.478 e. The van der Waals surface area contributed by atoms with E-state index >= 15 is 0 Å². The maximum absolute atomic E-state index is 11.2. The van der Waals surface area contributed by atoms with Crippen molar-refractivity contribution in [1.29, 1.82) is 0 Å². The molecule has 0 fully saturated rings. The molecule has 1 unspecified atom stereocenters. The second-order valence-electron chi connectivity index (χ2n) is 4.75. The van der Waals surface area contributed by atoms with Gasteiger partial charge in [-0.2, -0.15) is 0 Å². The van der Waals surface area contributed by atoms with E-state index in [1.165, 1.54) is 0 Å². The molecule has 1 N–H and O–H groups in total. The first-order chi connectivity index (χ1) is 7.73. The van der Waals surface area contributed by atoms with Crippen LogP contribution < -0.4 is 4.74 Å². The molecule has 0 aliphatic carbocycles. The van der Waals surface area contributed by atoms with Gasteiger partial charge in [0.15, 0.2) is 6.10 Å². The summed E-state index contributed by atoms with van der Waals surface area (Å²) in [5.74, 6) is -0.478. The molecule has 1 aromatic carbocycles. The van der Waals surface area contributed by atoms with Crippen molar-refractivity contribution in [3.05, 3.63) is 26.8 Å². The Kier molecular flexibility index (Phi) is 4.66. The summed E-state index contributed by atoms with van der Waals surface area (Å²) in [5.41, 5.74) is -0.489. The van der Waals surface area contributed by atoms with E-state index in [-0.39, 0.29) is 0 Å². The molecule has 0 radical (unpaired) electrons. The fraction of sp³-hybridized carbons (Fsp3) is 0.417. The molecule has 0 saturated heterocycles. The summed E-state index contributed by atoms with van der Waals surface area (Å²) in [6, 6.07) is 5.19. The summed E-state index contributed by atoms with van der Waals surface area (Å²) in [5, 5.41) is 9.73. The van der Waals surface area contributed by atoms with Crippen molar-refractivity contribution in [3.63, 3.8) is 0 Å². The predicted octanol–water partition coefficient (Wildman–Crippen LogP) is 3.82. The number of halogens is 2. The van der Waals surface area contributed by atoms with E-state index < -0.39 is 17.5 Å². The Labute approximate surface area is 119 Å². The Bertz CT molecular complexity index is 426. The molecule has 3 nitrogen and oxygen atoms in total. The first kappa shape index (κ1) is 14.6. The van der Waals surface area contributed by atoms with Crippen LogP contribution in [0.5, 0.6) is 5.75 Å². The number of carboxylic acid groups (broad SMARTS) is 1. The number of benzene rings is 1. The van der Waals surface area contributed by atoms with E-state index in [1.807, 2.05) is 43.4 Å². The minimum Gasteiger partial charge on any atom is -0.478 e. The van der Waals surface area contributed by atoms with Crippen molar-refractivity contribution in [1.82, 2.24) is 0 Å². The average Bonchev–Trinajstić information content (AvgIpc) is 2.17. The Hall–Kier alpha value is -0.490. The van der Waals surface area contributed by atoms with Crippen LogP contribution in [0, 0.1) is 8.99 Å². The van der Waals surface area contributed by atoms with Crippen molar-refractivity contribution < 1.29 is 14.6 Å². The molecule has 0 spiro atoms. The number of hydrogen-bond donors (Lipinski definition) is 1. The molecule has 0 aliphatic rings. The Morgan fingerprint density at radius 2 is 2.06 bits per heavy atom. The minimum atomic E-state index is -0.978. The Morgan fingerprint density at radius 1 is 1.47 bits per heavy atom. The van der Waals surface area contributed by atoms with Crippen molar-refractivity contribution in [2.45, 2.75) is 26.9 Å². The molecular weight excluding hydrogens is 354 g/mol. The highest BCUT2D eigenvalue weighted by atomic mass is 127. The van der Waals surface area contributed by atoms with E-state index in [0.717, 1.165) is 3.57 Å². The van der Waals surface area contributed by atoms with Gasteiger partial charge in [-0.05, 0) is 34.7 Å². The predicted molar refractivity (Wildman–Crippen MR) is 75.7 cm³/mol. The maximum atomic E-state index is 11.2. The van der Waals surface area contributed by atoms with Crippen molar-refractivity contribution in [2.75, 3.05) is 0 Å². The van der Waals surface area contributed by atoms with E-state index in [1.54, 1.807) is 18.2 Å². The third-order valence-electron chi connectivity index (χ3n) is 2.17. The molecule has 0 amide bonds. The highest BCUT2D eigenvalue weighted by Gasteiger charge is 2.33. The highest BCUT2D eigenvalue weighted by Crippen LogP contribution is 2.31. The van der Waals surface area contributed by atoms with Crippen molar-refractivity contribution >= 4 is 40.2 Å². The van der Waals surface area contributed by atoms with Crippen LogP contribution in [0.15, 0.2) is 18.2 Å². The fourth-order valence-corrected chi connectivity index (χ4v) is 1.95. The third-order valence-corrected chi connectivity index (χ3v) is 3.92. The van der Waals surface area contributed by atoms with Gasteiger partial charge in [-0.3, -0.25) is 0 Å². The lowest BCUT2D eigenvalue weighted by molar-refractivity contribution is -0.150. The van der Waals surface area contributed by atoms with Gasteiger partial charge in [0, 0.05) is 5.41 Å². The number of aliphatic carboxylic acids is 1. The second-order valence-corrected chi connectivity index (χ2v) is 6.24. The number of carboxylic acids is 1. The van der Waals surface area contributed by atoms with Crippen LogP contribution in [0.4, 0.5) is 0 Å². The number of rotatable bonds is 3. The minimum absolute atomic E-state index is 0.489. The number of carbonyl (C=O) groups is 1. The first-order valence-corrected chi connectivity index (χ1v) is 6.52. The number of ether oxygens (including phenoxy) is 1. The summed E-state index contributed by atoms with van der Waals surface area (Å²) >= 11 is 8.00. The molecule has 0 aliphatic heterocycles. The van der Waals surface area contributed by atoms with Crippen LogP contribution in [0.3, 0.4) is 0 Å². The molecule has 94 valence electrons. The summed E-state index contributed by atoms with van der Waals surface area (Å²) in [6.45, 7) is 5.47. The second kappa shape index (κ2) is 5.44. The van der Waals surface area contributed by atoms with Gasteiger partial charge in [-0.15, -0.1) is 0 Å². The smallest absolute Gasteiger partial charge is 0.345 e. The van der Waals surface area contributed by atoms with Crippen molar-refractivity contribution in [3.8, 4) is 5.75 Å². The topological polar surface area (TPSA) is 46.5 Å². The molecule has 0 heterocycles. The molecule has 0 bridgehead atoms. The maximum Gasteiger partial charge on any atom is 0.345 e. The lowest BCUT2D eigenvalue weighted by Crippen LogP contribution is -2.39. The Balaban J connectivity index is 3.03. The van der Waals surface area contributed by atoms with Gasteiger partial charge >= 0.3 is 5.97 Å². The molecule has 17 heavy (non-hydrogen) atoms. The first-order valence-electron chi connectivity index (χ1n) is 5.07. The SMILES string of the molecule is CC(C)(C)C(Oc1cccc(Cl)c1I)C(=O)O. The fourth-order valence-electron chi connectivity index (χ4n) is 1.30. The van der Waals surface area contributed by atoms with Gasteiger partial charge < -0.3 is 9.84 Å². The lowest BCUT2D eigenvalue weighted by Gasteiger charge is -2.28. The monoisotopic (exact) mass is 368 g/mol. The van der Waals surface area contributed by atoms with E-state index in [2.05, 4.69) is 0 Å². The van der Waals surface area contributed by atoms with Crippen LogP contribution in [-0.2, 0) is 4.79 Å². The molecule has 1 aromatic rings. The summed E-state index contributed by atoms with van der Waals surface area (Å²) in [6.07, 6.45) is -0.908. The Morgan fingerprint density at radius 3 is 2.53 bits per heavy atom. The van der Waals surface area contributed by atoms with Crippen molar-refractivity contribution in [2.24, 2.45) is 5.41 Å². The third kappa shape index (κ3) is 3.74. The number of hydrogen-bond acceptors (Lipinski definition) is 2. The van der Waals surface area contributed by atoms with Crippen LogP contribution >= 0.6 is 34.2 Å². The van der Waals surface area contributed by atoms with E-state index in [4.69, 9.17) is 21.4 Å². The van der Waals surface area contributed by atoms with Crippen LogP contribution in [0.1, 0.15) is 20.8 Å². The van der Waals surface area contributed by atoms with Crippen LogP contribution in [-0.4, -0.2) is 17.2 Å². The zero-order valence-electron chi connectivity index (χ0n) is 9.83. The van der Waals surface area contributed by atoms with Gasteiger partial charge in [-0.1, -0.05) is 38.4 Å². The quantitative estimate of drug-likeness (QED) is 0.825. The van der Waals surface area contributed by atoms with Gasteiger partial charge in [0.1, 0.15) is 5.75 Å². The standard InChI is InChI=1S/C12H14ClIO3/c1-12(2,3)10(11(15)16)17-8-6-4-5-7(13)9(8)14/h4-6,10H,1-3H3,(H,15,16). The molecule has 0 aromatic heterocycles. The van der Waals surface area contributed by atoms with Gasteiger partial charge in [0.05, 0.1) is 8.59 Å². The normalized spacial score (nSPS) is 13.2. The highest BCUT2D eigenvalue weighted by molar-refractivity contribution is 14.1. The van der Waals surface area contributed by atoms with Gasteiger partial charge in [-0.25, -0.2) is 4.79 Å². The zero-order chi connectivity index (χ0) is 13.2. The van der Waals surface area contributed by atoms with Crippen LogP contribution in [0.25, 0.3) is 0 Å². The van der Waals surface area contributed by atoms with E-state index in [9.17, 15) is 4.79 Å². The summed E-state index contributed by atoms with van der Waals surface area (Å²) in [4.78, 5) is 11.2. The lowest BCUT2D eigenvalue weighted by atomic mass is 9.89. The zero-order valence-corrected chi connectivity index (χ0v) is 12.7. The van der Waals surface area contributed by atoms with Gasteiger partial charge in [0.25, 0.3) is 0 Å². The van der Waals surface area contributed by atoms with E-state index in [0.29, 0.717) is 10.8 Å². The summed E-state index contributed by atoms with van der Waals surface area (Å²) in [7, 11) is 0.